The van der Waals surface area contributed by atoms with Crippen molar-refractivity contribution in [1.82, 2.24) is 9.97 Å². The van der Waals surface area contributed by atoms with Crippen LogP contribution in [0.3, 0.4) is 0 Å². The number of hydrogen-bond donors (Lipinski definition) is 3. The van der Waals surface area contributed by atoms with E-state index in [9.17, 15) is 9.59 Å². The molecule has 1 aromatic heterocycles. The minimum absolute atomic E-state index is 0.277. The number of aliphatic carboxylic acids is 1. The van der Waals surface area contributed by atoms with Gasteiger partial charge in [0.25, 0.3) is 0 Å². The van der Waals surface area contributed by atoms with Crippen LogP contribution in [0.5, 0.6) is 0 Å². The monoisotopic (exact) mass is 385 g/mol. The van der Waals surface area contributed by atoms with E-state index in [0.717, 1.165) is 0 Å². The molecule has 9 heteroatoms. The lowest BCUT2D eigenvalue weighted by atomic mass is 9.97. The first-order valence-corrected chi connectivity index (χ1v) is 9.12. The molecule has 148 valence electrons. The molecule has 9 nitrogen and oxygen atoms in total. The van der Waals surface area contributed by atoms with Crippen LogP contribution in [0.25, 0.3) is 0 Å². The summed E-state index contributed by atoms with van der Waals surface area (Å²) in [5.41, 5.74) is 7.53. The summed E-state index contributed by atoms with van der Waals surface area (Å²) in [6, 6.07) is 6.94. The fourth-order valence-corrected chi connectivity index (χ4v) is 3.18. The maximum Gasteiger partial charge on any atom is 0.340 e. The normalized spacial score (nSPS) is 14.5. The zero-order chi connectivity index (χ0) is 20.1. The molecule has 4 N–H and O–H groups in total. The van der Waals surface area contributed by atoms with Gasteiger partial charge in [-0.2, -0.15) is 0 Å². The average Bonchev–Trinajstić information content (AvgIpc) is 2.70. The van der Waals surface area contributed by atoms with Gasteiger partial charge in [0.05, 0.1) is 23.8 Å². The molecule has 28 heavy (non-hydrogen) atoms. The lowest BCUT2D eigenvalue weighted by molar-refractivity contribution is -0.142. The van der Waals surface area contributed by atoms with Crippen molar-refractivity contribution < 1.29 is 19.4 Å². The Morgan fingerprint density at radius 1 is 1.29 bits per heavy atom. The van der Waals surface area contributed by atoms with Crippen molar-refractivity contribution in [3.63, 3.8) is 0 Å². The van der Waals surface area contributed by atoms with Crippen molar-refractivity contribution in [2.75, 3.05) is 35.6 Å². The zero-order valence-corrected chi connectivity index (χ0v) is 15.6. The number of nitrogens with two attached hydrogens (primary N) is 1. The van der Waals surface area contributed by atoms with E-state index in [0.29, 0.717) is 54.5 Å². The number of carboxylic acid groups (broad SMARTS) is 1. The summed E-state index contributed by atoms with van der Waals surface area (Å²) in [6.07, 6.45) is 2.46. The lowest BCUT2D eigenvalue weighted by Gasteiger charge is -2.31. The van der Waals surface area contributed by atoms with Gasteiger partial charge in [-0.15, -0.1) is 0 Å². The smallest absolute Gasteiger partial charge is 0.340 e. The Balaban J connectivity index is 1.81. The second-order valence-corrected chi connectivity index (χ2v) is 6.45. The number of carbonyl (C=O) groups is 2. The number of aromatic nitrogens is 2. The molecule has 1 aliphatic heterocycles. The summed E-state index contributed by atoms with van der Waals surface area (Å²) in [5, 5.41) is 12.2. The summed E-state index contributed by atoms with van der Waals surface area (Å²) in [7, 11) is 0. The molecular formula is C19H23N5O4. The van der Waals surface area contributed by atoms with Crippen molar-refractivity contribution in [2.45, 2.75) is 19.8 Å². The van der Waals surface area contributed by atoms with Gasteiger partial charge in [-0.3, -0.25) is 4.79 Å². The summed E-state index contributed by atoms with van der Waals surface area (Å²) in [5.74, 6) is -0.618. The highest BCUT2D eigenvalue weighted by molar-refractivity contribution is 5.97. The van der Waals surface area contributed by atoms with Crippen LogP contribution in [0.4, 0.5) is 23.0 Å². The lowest BCUT2D eigenvalue weighted by Crippen LogP contribution is -2.37. The number of benzene rings is 1. The quantitative estimate of drug-likeness (QED) is 0.641. The first kappa shape index (κ1) is 19.4. The number of anilines is 4. The van der Waals surface area contributed by atoms with Crippen LogP contribution in [0.15, 0.2) is 30.6 Å². The van der Waals surface area contributed by atoms with E-state index in [1.54, 1.807) is 31.2 Å². The van der Waals surface area contributed by atoms with Crippen LogP contribution in [0, 0.1) is 5.92 Å². The third kappa shape index (κ3) is 4.13. The number of piperidine rings is 1. The Labute approximate surface area is 162 Å². The Hall–Kier alpha value is -3.36. The molecule has 3 rings (SSSR count). The molecule has 2 heterocycles. The molecule has 0 atom stereocenters. The Kier molecular flexibility index (Phi) is 5.93. The van der Waals surface area contributed by atoms with Gasteiger partial charge in [-0.25, -0.2) is 14.8 Å². The molecule has 0 saturated carbocycles. The molecule has 0 bridgehead atoms. The highest BCUT2D eigenvalue weighted by Gasteiger charge is 2.27. The Morgan fingerprint density at radius 2 is 2.00 bits per heavy atom. The second-order valence-electron chi connectivity index (χ2n) is 6.45. The zero-order valence-electron chi connectivity index (χ0n) is 15.6. The molecule has 1 aromatic carbocycles. The van der Waals surface area contributed by atoms with Crippen molar-refractivity contribution in [1.29, 1.82) is 0 Å². The topological polar surface area (TPSA) is 131 Å². The summed E-state index contributed by atoms with van der Waals surface area (Å²) < 4.78 is 5.09. The molecule has 0 radical (unpaired) electrons. The SMILES string of the molecule is CCOC(=O)c1ccccc1Nc1ncnc(N2CCC(C(=O)O)CC2)c1N. The fourth-order valence-electron chi connectivity index (χ4n) is 3.18. The van der Waals surface area contributed by atoms with Gasteiger partial charge < -0.3 is 25.8 Å². The first-order chi connectivity index (χ1) is 13.5. The van der Waals surface area contributed by atoms with Gasteiger partial charge in [-0.05, 0) is 31.9 Å². The maximum absolute atomic E-state index is 12.2. The van der Waals surface area contributed by atoms with E-state index in [4.69, 9.17) is 15.6 Å². The summed E-state index contributed by atoms with van der Waals surface area (Å²) >= 11 is 0. The van der Waals surface area contributed by atoms with E-state index < -0.39 is 11.9 Å². The minimum atomic E-state index is -0.770. The number of carboxylic acids is 1. The molecular weight excluding hydrogens is 362 g/mol. The van der Waals surface area contributed by atoms with Crippen LogP contribution in [-0.4, -0.2) is 46.7 Å². The number of nitrogen functional groups attached to an aromatic ring is 1. The van der Waals surface area contributed by atoms with Gasteiger partial charge in [0.2, 0.25) is 0 Å². The summed E-state index contributed by atoms with van der Waals surface area (Å²) in [4.78, 5) is 33.7. The van der Waals surface area contributed by atoms with E-state index in [2.05, 4.69) is 15.3 Å². The number of ether oxygens (including phenoxy) is 1. The van der Waals surface area contributed by atoms with Crippen LogP contribution >= 0.6 is 0 Å². The molecule has 0 amide bonds. The number of rotatable bonds is 6. The van der Waals surface area contributed by atoms with Crippen molar-refractivity contribution in [2.24, 2.45) is 5.92 Å². The van der Waals surface area contributed by atoms with E-state index in [1.807, 2.05) is 4.90 Å². The highest BCUT2D eigenvalue weighted by atomic mass is 16.5. The number of carbonyl (C=O) groups excluding carboxylic acids is 1. The predicted octanol–water partition coefficient (Wildman–Crippen LogP) is 2.28. The number of nitrogens with one attached hydrogen (secondary N) is 1. The molecule has 0 spiro atoms. The van der Waals surface area contributed by atoms with Crippen molar-refractivity contribution in [3.8, 4) is 0 Å². The minimum Gasteiger partial charge on any atom is -0.481 e. The van der Waals surface area contributed by atoms with Crippen LogP contribution in [0.2, 0.25) is 0 Å². The van der Waals surface area contributed by atoms with Crippen molar-refractivity contribution >= 4 is 34.9 Å². The van der Waals surface area contributed by atoms with E-state index >= 15 is 0 Å². The third-order valence-corrected chi connectivity index (χ3v) is 4.68. The predicted molar refractivity (Wildman–Crippen MR) is 105 cm³/mol. The number of nitrogens with zero attached hydrogens (tertiary/aromatic N) is 3. The number of esters is 1. The Morgan fingerprint density at radius 3 is 2.68 bits per heavy atom. The van der Waals surface area contributed by atoms with Gasteiger partial charge in [0.15, 0.2) is 11.6 Å². The maximum atomic E-state index is 12.2. The van der Waals surface area contributed by atoms with Crippen LogP contribution in [-0.2, 0) is 9.53 Å². The Bertz CT molecular complexity index is 865. The fraction of sp³-hybridized carbons (Fsp3) is 0.368. The van der Waals surface area contributed by atoms with Gasteiger partial charge >= 0.3 is 11.9 Å². The number of para-hydroxylation sites is 1. The average molecular weight is 385 g/mol. The largest absolute Gasteiger partial charge is 0.481 e. The van der Waals surface area contributed by atoms with Gasteiger partial charge in [0.1, 0.15) is 12.0 Å². The first-order valence-electron chi connectivity index (χ1n) is 9.12. The summed E-state index contributed by atoms with van der Waals surface area (Å²) in [6.45, 7) is 3.13. The highest BCUT2D eigenvalue weighted by Crippen LogP contribution is 2.32. The molecule has 2 aromatic rings. The van der Waals surface area contributed by atoms with E-state index in [-0.39, 0.29) is 12.5 Å². The molecule has 1 fully saturated rings. The molecule has 0 unspecified atom stereocenters. The molecule has 1 aliphatic rings. The van der Waals surface area contributed by atoms with Gasteiger partial charge in [0, 0.05) is 13.1 Å². The molecule has 1 saturated heterocycles. The van der Waals surface area contributed by atoms with Crippen LogP contribution in [0.1, 0.15) is 30.1 Å². The van der Waals surface area contributed by atoms with Crippen molar-refractivity contribution in [3.05, 3.63) is 36.2 Å². The van der Waals surface area contributed by atoms with Crippen LogP contribution < -0.4 is 16.0 Å². The van der Waals surface area contributed by atoms with Gasteiger partial charge in [-0.1, -0.05) is 12.1 Å². The second kappa shape index (κ2) is 8.55. The third-order valence-electron chi connectivity index (χ3n) is 4.68. The molecule has 0 aliphatic carbocycles. The van der Waals surface area contributed by atoms with E-state index in [1.165, 1.54) is 6.33 Å². The standard InChI is InChI=1S/C19H23N5O4/c1-2-28-19(27)13-5-3-4-6-14(13)23-16-15(20)17(22-11-21-16)24-9-7-12(8-10-24)18(25)26/h3-6,11-12H,2,7-10,20H2,1H3,(H,25,26)(H,21,22,23). The number of hydrogen-bond acceptors (Lipinski definition) is 8.